The zero-order chi connectivity index (χ0) is 9.19. The summed E-state index contributed by atoms with van der Waals surface area (Å²) in [5, 5.41) is 11.5. The number of hydrogen-bond acceptors (Lipinski definition) is 2. The summed E-state index contributed by atoms with van der Waals surface area (Å²) in [5.74, 6) is -0.0356. The van der Waals surface area contributed by atoms with Gasteiger partial charge in [0.05, 0.1) is 6.07 Å². The van der Waals surface area contributed by atoms with Crippen molar-refractivity contribution in [2.45, 2.75) is 25.3 Å². The highest BCUT2D eigenvalue weighted by Gasteiger charge is 2.42. The number of nitrogens with one attached hydrogen (secondary N) is 1. The minimum absolute atomic E-state index is 0.0794. The lowest BCUT2D eigenvalue weighted by Gasteiger charge is -2.21. The Labute approximate surface area is 76.7 Å². The minimum Gasteiger partial charge on any atom is -0.337 e. The number of alkyl halides is 1. The van der Waals surface area contributed by atoms with Crippen LogP contribution in [0.1, 0.15) is 19.8 Å². The highest BCUT2D eigenvalue weighted by molar-refractivity contribution is 6.27. The molecule has 0 saturated heterocycles. The third-order valence-electron chi connectivity index (χ3n) is 2.15. The number of nitriles is 1. The predicted molar refractivity (Wildman–Crippen MR) is 45.6 cm³/mol. The van der Waals surface area contributed by atoms with Gasteiger partial charge < -0.3 is 5.32 Å². The van der Waals surface area contributed by atoms with Gasteiger partial charge in [-0.1, -0.05) is 0 Å². The van der Waals surface area contributed by atoms with Gasteiger partial charge in [0.1, 0.15) is 11.4 Å². The van der Waals surface area contributed by atoms with Crippen molar-refractivity contribution in [3.63, 3.8) is 0 Å². The third-order valence-corrected chi connectivity index (χ3v) is 2.39. The standard InChI is InChI=1S/C8H11ClN2O/c1-8(5-10,6-2-3-6)11-7(12)4-9/h6H,2-4H2,1H3,(H,11,12). The van der Waals surface area contributed by atoms with Crippen LogP contribution in [0.25, 0.3) is 0 Å². The first-order valence-corrected chi connectivity index (χ1v) is 4.44. The largest absolute Gasteiger partial charge is 0.337 e. The quantitative estimate of drug-likeness (QED) is 0.670. The average molecular weight is 187 g/mol. The zero-order valence-corrected chi connectivity index (χ0v) is 7.69. The maximum atomic E-state index is 10.9. The van der Waals surface area contributed by atoms with Gasteiger partial charge in [0.2, 0.25) is 5.91 Å². The number of carbonyl (C=O) groups excluding carboxylic acids is 1. The predicted octanol–water partition coefficient (Wildman–Crippen LogP) is 1.03. The van der Waals surface area contributed by atoms with Crippen molar-refractivity contribution in [2.24, 2.45) is 5.92 Å². The molecule has 1 unspecified atom stereocenters. The lowest BCUT2D eigenvalue weighted by Crippen LogP contribution is -2.47. The third kappa shape index (κ3) is 1.89. The number of halogens is 1. The van der Waals surface area contributed by atoms with Gasteiger partial charge in [-0.15, -0.1) is 11.6 Å². The van der Waals surface area contributed by atoms with Crippen molar-refractivity contribution >= 4 is 17.5 Å². The molecule has 0 bridgehead atoms. The Morgan fingerprint density at radius 3 is 2.75 bits per heavy atom. The second-order valence-corrected chi connectivity index (χ2v) is 3.54. The second-order valence-electron chi connectivity index (χ2n) is 3.27. The van der Waals surface area contributed by atoms with Crippen LogP contribution in [0.2, 0.25) is 0 Å². The minimum atomic E-state index is -0.702. The molecule has 0 aliphatic heterocycles. The van der Waals surface area contributed by atoms with Crippen molar-refractivity contribution in [2.75, 3.05) is 5.88 Å². The molecule has 3 nitrogen and oxygen atoms in total. The zero-order valence-electron chi connectivity index (χ0n) is 6.93. The number of amides is 1. The lowest BCUT2D eigenvalue weighted by molar-refractivity contribution is -0.120. The SMILES string of the molecule is CC(C#N)(NC(=O)CCl)C1CC1. The van der Waals surface area contributed by atoms with Crippen LogP contribution in [0.5, 0.6) is 0 Å². The average Bonchev–Trinajstić information content (AvgIpc) is 2.86. The van der Waals surface area contributed by atoms with E-state index in [-0.39, 0.29) is 11.8 Å². The van der Waals surface area contributed by atoms with Crippen LogP contribution < -0.4 is 5.32 Å². The Balaban J connectivity index is 2.56. The van der Waals surface area contributed by atoms with Gasteiger partial charge in [-0.05, 0) is 25.7 Å². The first-order valence-electron chi connectivity index (χ1n) is 3.90. The molecule has 1 fully saturated rings. The van der Waals surface area contributed by atoms with E-state index in [0.29, 0.717) is 5.92 Å². The van der Waals surface area contributed by atoms with Crippen LogP contribution in [0.15, 0.2) is 0 Å². The summed E-state index contributed by atoms with van der Waals surface area (Å²) in [4.78, 5) is 10.9. The van der Waals surface area contributed by atoms with E-state index in [1.807, 2.05) is 0 Å². The number of carbonyl (C=O) groups is 1. The first-order chi connectivity index (χ1) is 5.62. The number of rotatable bonds is 3. The molecule has 66 valence electrons. The van der Waals surface area contributed by atoms with E-state index in [0.717, 1.165) is 12.8 Å². The maximum absolute atomic E-state index is 10.9. The normalized spacial score (nSPS) is 20.8. The molecule has 0 aromatic heterocycles. The fourth-order valence-electron chi connectivity index (χ4n) is 1.21. The van der Waals surface area contributed by atoms with E-state index in [2.05, 4.69) is 11.4 Å². The molecular weight excluding hydrogens is 176 g/mol. The fraction of sp³-hybridized carbons (Fsp3) is 0.750. The summed E-state index contributed by atoms with van der Waals surface area (Å²) in [6.07, 6.45) is 2.04. The van der Waals surface area contributed by atoms with Gasteiger partial charge >= 0.3 is 0 Å². The van der Waals surface area contributed by atoms with E-state index < -0.39 is 5.54 Å². The summed E-state index contributed by atoms with van der Waals surface area (Å²) >= 11 is 5.32. The molecule has 0 radical (unpaired) electrons. The Bertz CT molecular complexity index is 232. The molecule has 0 heterocycles. The summed E-state index contributed by atoms with van der Waals surface area (Å²) in [7, 11) is 0. The molecule has 1 N–H and O–H groups in total. The molecule has 1 aliphatic rings. The van der Waals surface area contributed by atoms with E-state index in [1.54, 1.807) is 6.92 Å². The summed E-state index contributed by atoms with van der Waals surface area (Å²) in [6, 6.07) is 2.12. The van der Waals surface area contributed by atoms with Crippen LogP contribution in [-0.2, 0) is 4.79 Å². The summed E-state index contributed by atoms with van der Waals surface area (Å²) in [6.45, 7) is 1.75. The molecule has 4 heteroatoms. The molecule has 0 aromatic rings. The summed E-state index contributed by atoms with van der Waals surface area (Å²) in [5.41, 5.74) is -0.702. The van der Waals surface area contributed by atoms with E-state index >= 15 is 0 Å². The van der Waals surface area contributed by atoms with Gasteiger partial charge in [-0.3, -0.25) is 4.79 Å². The van der Waals surface area contributed by atoms with Crippen LogP contribution in [0.4, 0.5) is 0 Å². The molecule has 1 saturated carbocycles. The Morgan fingerprint density at radius 1 is 1.83 bits per heavy atom. The molecule has 12 heavy (non-hydrogen) atoms. The molecule has 1 rings (SSSR count). The van der Waals surface area contributed by atoms with Crippen LogP contribution >= 0.6 is 11.6 Å². The van der Waals surface area contributed by atoms with Gasteiger partial charge in [-0.2, -0.15) is 5.26 Å². The van der Waals surface area contributed by atoms with Crippen LogP contribution in [-0.4, -0.2) is 17.3 Å². The molecule has 0 spiro atoms. The molecule has 1 atom stereocenters. The maximum Gasteiger partial charge on any atom is 0.236 e. The van der Waals surface area contributed by atoms with Crippen molar-refractivity contribution in [1.82, 2.24) is 5.32 Å². The highest BCUT2D eigenvalue weighted by atomic mass is 35.5. The van der Waals surface area contributed by atoms with Crippen LogP contribution in [0, 0.1) is 17.2 Å². The second kappa shape index (κ2) is 3.32. The molecular formula is C8H11ClN2O. The van der Waals surface area contributed by atoms with Crippen LogP contribution in [0.3, 0.4) is 0 Å². The van der Waals surface area contributed by atoms with E-state index in [9.17, 15) is 4.79 Å². The van der Waals surface area contributed by atoms with Crippen molar-refractivity contribution in [3.8, 4) is 6.07 Å². The number of nitrogens with zero attached hydrogens (tertiary/aromatic N) is 1. The van der Waals surface area contributed by atoms with Gasteiger partial charge in [0.25, 0.3) is 0 Å². The Morgan fingerprint density at radius 2 is 2.42 bits per heavy atom. The van der Waals surface area contributed by atoms with Crippen molar-refractivity contribution < 1.29 is 4.79 Å². The van der Waals surface area contributed by atoms with Gasteiger partial charge in [0, 0.05) is 0 Å². The Hall–Kier alpha value is -0.750. The lowest BCUT2D eigenvalue weighted by atomic mass is 9.98. The molecule has 0 aromatic carbocycles. The Kier molecular flexibility index (Phi) is 2.58. The summed E-state index contributed by atoms with van der Waals surface area (Å²) < 4.78 is 0. The smallest absolute Gasteiger partial charge is 0.236 e. The monoisotopic (exact) mass is 186 g/mol. The van der Waals surface area contributed by atoms with Gasteiger partial charge in [-0.25, -0.2) is 0 Å². The van der Waals surface area contributed by atoms with Gasteiger partial charge in [0.15, 0.2) is 0 Å². The highest BCUT2D eigenvalue weighted by Crippen LogP contribution is 2.39. The topological polar surface area (TPSA) is 52.9 Å². The van der Waals surface area contributed by atoms with E-state index in [4.69, 9.17) is 16.9 Å². The van der Waals surface area contributed by atoms with Crippen molar-refractivity contribution in [3.05, 3.63) is 0 Å². The number of hydrogen-bond donors (Lipinski definition) is 1. The fourth-order valence-corrected chi connectivity index (χ4v) is 1.27. The molecule has 1 amide bonds. The van der Waals surface area contributed by atoms with E-state index in [1.165, 1.54) is 0 Å². The molecule has 1 aliphatic carbocycles. The first kappa shape index (κ1) is 9.34. The van der Waals surface area contributed by atoms with Crippen molar-refractivity contribution in [1.29, 1.82) is 5.26 Å².